The molecule has 0 aliphatic rings. The number of halogens is 3. The minimum absolute atomic E-state index is 0.255. The van der Waals surface area contributed by atoms with Gasteiger partial charge in [-0.05, 0) is 46.1 Å². The highest BCUT2D eigenvalue weighted by Gasteiger charge is 2.15. The van der Waals surface area contributed by atoms with Crippen molar-refractivity contribution >= 4 is 31.9 Å². The van der Waals surface area contributed by atoms with E-state index in [1.165, 1.54) is 6.07 Å². The summed E-state index contributed by atoms with van der Waals surface area (Å²) in [6, 6.07) is 6.46. The summed E-state index contributed by atoms with van der Waals surface area (Å²) in [5.74, 6) is -0.255. The van der Waals surface area contributed by atoms with Crippen molar-refractivity contribution < 1.29 is 8.81 Å². The number of benzene rings is 1. The molecule has 0 radical (unpaired) electrons. The van der Waals surface area contributed by atoms with Crippen molar-refractivity contribution in [2.75, 3.05) is 0 Å². The number of furan rings is 1. The van der Waals surface area contributed by atoms with Crippen molar-refractivity contribution in [2.24, 2.45) is 5.73 Å². The van der Waals surface area contributed by atoms with Crippen molar-refractivity contribution in [1.29, 1.82) is 0 Å². The molecule has 1 heterocycles. The topological polar surface area (TPSA) is 39.2 Å². The molecule has 0 fully saturated rings. The maximum atomic E-state index is 13.6. The molecule has 2 aromatic rings. The third kappa shape index (κ3) is 2.97. The molecule has 0 saturated carbocycles. The average molecular weight is 363 g/mol. The smallest absolute Gasteiger partial charge is 0.173 e. The van der Waals surface area contributed by atoms with Gasteiger partial charge in [0.1, 0.15) is 5.82 Å². The van der Waals surface area contributed by atoms with Crippen LogP contribution in [0.25, 0.3) is 0 Å². The molecular weight excluding hydrogens is 353 g/mol. The minimum atomic E-state index is -0.293. The van der Waals surface area contributed by atoms with Gasteiger partial charge >= 0.3 is 0 Å². The highest BCUT2D eigenvalue weighted by molar-refractivity contribution is 9.10. The normalized spacial score (nSPS) is 12.7. The summed E-state index contributed by atoms with van der Waals surface area (Å²) in [4.78, 5) is 0. The highest BCUT2D eigenvalue weighted by Crippen LogP contribution is 2.26. The summed E-state index contributed by atoms with van der Waals surface area (Å²) in [7, 11) is 0. The Morgan fingerprint density at radius 3 is 2.65 bits per heavy atom. The van der Waals surface area contributed by atoms with Crippen LogP contribution in [-0.4, -0.2) is 0 Å². The lowest BCUT2D eigenvalue weighted by Crippen LogP contribution is -2.13. The Kier molecular flexibility index (Phi) is 4.01. The molecule has 5 heteroatoms. The molecule has 1 aromatic heterocycles. The quantitative estimate of drug-likeness (QED) is 0.889. The fourth-order valence-electron chi connectivity index (χ4n) is 1.60. The zero-order chi connectivity index (χ0) is 12.4. The minimum Gasteiger partial charge on any atom is -0.457 e. The fourth-order valence-corrected chi connectivity index (χ4v) is 2.47. The van der Waals surface area contributed by atoms with Crippen LogP contribution < -0.4 is 5.73 Å². The lowest BCUT2D eigenvalue weighted by Gasteiger charge is -2.11. The Morgan fingerprint density at radius 1 is 1.29 bits per heavy atom. The van der Waals surface area contributed by atoms with E-state index in [0.717, 1.165) is 10.0 Å². The molecule has 1 unspecified atom stereocenters. The molecule has 0 bridgehead atoms. The summed E-state index contributed by atoms with van der Waals surface area (Å²) >= 11 is 6.48. The van der Waals surface area contributed by atoms with Crippen molar-refractivity contribution in [2.45, 2.75) is 12.5 Å². The van der Waals surface area contributed by atoms with Crippen LogP contribution in [-0.2, 0) is 6.42 Å². The van der Waals surface area contributed by atoms with Gasteiger partial charge in [-0.25, -0.2) is 4.39 Å². The van der Waals surface area contributed by atoms with Crippen LogP contribution in [0, 0.1) is 5.82 Å². The molecule has 0 spiro atoms. The molecule has 0 aliphatic carbocycles. The van der Waals surface area contributed by atoms with Crippen molar-refractivity contribution in [3.63, 3.8) is 0 Å². The Balaban J connectivity index is 2.19. The van der Waals surface area contributed by atoms with Gasteiger partial charge in [0, 0.05) is 16.1 Å². The van der Waals surface area contributed by atoms with Crippen LogP contribution in [0.5, 0.6) is 0 Å². The van der Waals surface area contributed by atoms with Gasteiger partial charge in [-0.2, -0.15) is 0 Å². The lowest BCUT2D eigenvalue weighted by molar-refractivity contribution is 0.529. The molecule has 0 saturated heterocycles. The molecule has 2 rings (SSSR count). The summed E-state index contributed by atoms with van der Waals surface area (Å²) < 4.78 is 20.1. The van der Waals surface area contributed by atoms with E-state index in [9.17, 15) is 4.39 Å². The average Bonchev–Trinajstić information content (AvgIpc) is 2.68. The number of hydrogen-bond donors (Lipinski definition) is 1. The van der Waals surface area contributed by atoms with Crippen LogP contribution in [0.2, 0.25) is 0 Å². The monoisotopic (exact) mass is 361 g/mol. The Labute approximate surface area is 115 Å². The molecule has 1 aromatic carbocycles. The molecule has 17 heavy (non-hydrogen) atoms. The van der Waals surface area contributed by atoms with Gasteiger partial charge in [-0.15, -0.1) is 0 Å². The zero-order valence-corrected chi connectivity index (χ0v) is 12.0. The molecule has 2 nitrogen and oxygen atoms in total. The van der Waals surface area contributed by atoms with E-state index in [-0.39, 0.29) is 11.9 Å². The first-order valence-corrected chi connectivity index (χ1v) is 6.59. The van der Waals surface area contributed by atoms with E-state index >= 15 is 0 Å². The first-order chi connectivity index (χ1) is 8.08. The van der Waals surface area contributed by atoms with Gasteiger partial charge in [0.2, 0.25) is 0 Å². The molecule has 1 atom stereocenters. The third-order valence-electron chi connectivity index (χ3n) is 2.50. The van der Waals surface area contributed by atoms with Gasteiger partial charge in [-0.1, -0.05) is 22.0 Å². The van der Waals surface area contributed by atoms with E-state index in [1.54, 1.807) is 24.5 Å². The van der Waals surface area contributed by atoms with Crippen LogP contribution in [0.1, 0.15) is 17.2 Å². The largest absolute Gasteiger partial charge is 0.457 e. The molecule has 0 amide bonds. The van der Waals surface area contributed by atoms with E-state index in [0.29, 0.717) is 16.7 Å². The Hall–Kier alpha value is -0.650. The van der Waals surface area contributed by atoms with E-state index < -0.39 is 0 Å². The van der Waals surface area contributed by atoms with Gasteiger partial charge in [-0.3, -0.25) is 0 Å². The SMILES string of the molecule is NC(Cc1ccc(Br)cc1F)c1ccoc1Br. The third-order valence-corrected chi connectivity index (χ3v) is 3.64. The summed E-state index contributed by atoms with van der Waals surface area (Å²) in [6.45, 7) is 0. The Bertz CT molecular complexity index is 527. The molecule has 90 valence electrons. The number of nitrogens with two attached hydrogens (primary N) is 1. The molecule has 2 N–H and O–H groups in total. The van der Waals surface area contributed by atoms with Crippen LogP contribution in [0.4, 0.5) is 4.39 Å². The lowest BCUT2D eigenvalue weighted by atomic mass is 10.0. The number of hydrogen-bond acceptors (Lipinski definition) is 2. The second kappa shape index (κ2) is 5.33. The molecule has 0 aliphatic heterocycles. The Morgan fingerprint density at radius 2 is 2.06 bits per heavy atom. The second-order valence-electron chi connectivity index (χ2n) is 3.70. The summed E-state index contributed by atoms with van der Waals surface area (Å²) in [5, 5.41) is 0. The first-order valence-electron chi connectivity index (χ1n) is 5.00. The summed E-state index contributed by atoms with van der Waals surface area (Å²) in [5.41, 5.74) is 7.44. The van der Waals surface area contributed by atoms with E-state index in [4.69, 9.17) is 10.2 Å². The van der Waals surface area contributed by atoms with Gasteiger partial charge in [0.15, 0.2) is 4.67 Å². The standard InChI is InChI=1S/C12H10Br2FNO/c13-8-2-1-7(10(15)6-8)5-11(16)9-3-4-17-12(9)14/h1-4,6,11H,5,16H2. The highest BCUT2D eigenvalue weighted by atomic mass is 79.9. The second-order valence-corrected chi connectivity index (χ2v) is 5.33. The van der Waals surface area contributed by atoms with Gasteiger partial charge < -0.3 is 10.2 Å². The van der Waals surface area contributed by atoms with Gasteiger partial charge in [0.25, 0.3) is 0 Å². The first kappa shape index (κ1) is 12.8. The maximum absolute atomic E-state index is 13.6. The van der Waals surface area contributed by atoms with Crippen molar-refractivity contribution in [1.82, 2.24) is 0 Å². The van der Waals surface area contributed by atoms with Crippen molar-refractivity contribution in [3.05, 3.63) is 56.6 Å². The predicted molar refractivity (Wildman–Crippen MR) is 71.1 cm³/mol. The van der Waals surface area contributed by atoms with Crippen LogP contribution in [0.15, 0.2) is 44.1 Å². The van der Waals surface area contributed by atoms with Crippen LogP contribution >= 0.6 is 31.9 Å². The zero-order valence-electron chi connectivity index (χ0n) is 8.79. The maximum Gasteiger partial charge on any atom is 0.173 e. The summed E-state index contributed by atoms with van der Waals surface area (Å²) in [6.07, 6.45) is 1.98. The van der Waals surface area contributed by atoms with Crippen molar-refractivity contribution in [3.8, 4) is 0 Å². The van der Waals surface area contributed by atoms with Crippen LogP contribution in [0.3, 0.4) is 0 Å². The van der Waals surface area contributed by atoms with Gasteiger partial charge in [0.05, 0.1) is 6.26 Å². The van der Waals surface area contributed by atoms with E-state index in [2.05, 4.69) is 31.9 Å². The number of rotatable bonds is 3. The molecular formula is C12H10Br2FNO. The van der Waals surface area contributed by atoms with E-state index in [1.807, 2.05) is 0 Å². The predicted octanol–water partition coefficient (Wildman–Crippen LogP) is 4.19. The fraction of sp³-hybridized carbons (Fsp3) is 0.167.